The van der Waals surface area contributed by atoms with Gasteiger partial charge in [0.25, 0.3) is 11.6 Å². The van der Waals surface area contributed by atoms with Crippen LogP contribution in [0, 0.1) is 16.0 Å². The molecule has 2 rings (SSSR count). The van der Waals surface area contributed by atoms with Crippen molar-refractivity contribution < 1.29 is 9.72 Å². The number of halogens is 1. The van der Waals surface area contributed by atoms with Gasteiger partial charge >= 0.3 is 0 Å². The van der Waals surface area contributed by atoms with E-state index in [4.69, 9.17) is 11.6 Å². The molecule has 0 aliphatic carbocycles. The summed E-state index contributed by atoms with van der Waals surface area (Å²) in [4.78, 5) is 26.7. The first kappa shape index (κ1) is 15.7. The summed E-state index contributed by atoms with van der Waals surface area (Å²) < 4.78 is 0. The molecule has 7 heteroatoms. The molecule has 1 unspecified atom stereocenters. The predicted octanol–water partition coefficient (Wildman–Crippen LogP) is 2.27. The van der Waals surface area contributed by atoms with Crippen molar-refractivity contribution >= 4 is 23.2 Å². The highest BCUT2D eigenvalue weighted by Crippen LogP contribution is 2.25. The van der Waals surface area contributed by atoms with Crippen molar-refractivity contribution in [3.63, 3.8) is 0 Å². The van der Waals surface area contributed by atoms with E-state index in [0.29, 0.717) is 12.5 Å². The van der Waals surface area contributed by atoms with Gasteiger partial charge in [-0.05, 0) is 38.1 Å². The Morgan fingerprint density at radius 1 is 1.57 bits per heavy atom. The average Bonchev–Trinajstić information content (AvgIpc) is 2.83. The highest BCUT2D eigenvalue weighted by molar-refractivity contribution is 6.31. The highest BCUT2D eigenvalue weighted by atomic mass is 35.5. The van der Waals surface area contributed by atoms with Crippen LogP contribution in [0.3, 0.4) is 0 Å². The van der Waals surface area contributed by atoms with Gasteiger partial charge in [0.05, 0.1) is 4.92 Å². The maximum Gasteiger partial charge on any atom is 0.283 e. The summed E-state index contributed by atoms with van der Waals surface area (Å²) in [6, 6.07) is 4.13. The average molecular weight is 312 g/mol. The molecule has 1 aromatic rings. The Hall–Kier alpha value is -1.66. The number of amides is 1. The van der Waals surface area contributed by atoms with E-state index in [1.165, 1.54) is 18.2 Å². The molecule has 1 aliphatic heterocycles. The number of nitro groups is 1. The predicted molar refractivity (Wildman–Crippen MR) is 80.7 cm³/mol. The fourth-order valence-corrected chi connectivity index (χ4v) is 2.85. The largest absolute Gasteiger partial charge is 0.341 e. The smallest absolute Gasteiger partial charge is 0.283 e. The minimum Gasteiger partial charge on any atom is -0.341 e. The summed E-state index contributed by atoms with van der Waals surface area (Å²) >= 11 is 5.76. The van der Waals surface area contributed by atoms with E-state index >= 15 is 0 Å². The topological polar surface area (TPSA) is 66.7 Å². The van der Waals surface area contributed by atoms with E-state index in [0.717, 1.165) is 19.5 Å². The molecule has 0 spiro atoms. The normalized spacial score (nSPS) is 18.7. The maximum absolute atomic E-state index is 12.4. The zero-order valence-corrected chi connectivity index (χ0v) is 12.8. The van der Waals surface area contributed by atoms with Crippen LogP contribution in [0.1, 0.15) is 16.8 Å². The zero-order valence-electron chi connectivity index (χ0n) is 12.1. The number of likely N-dealkylation sites (tertiary alicyclic amines) is 1. The van der Waals surface area contributed by atoms with E-state index < -0.39 is 4.92 Å². The highest BCUT2D eigenvalue weighted by Gasteiger charge is 2.27. The monoisotopic (exact) mass is 311 g/mol. The van der Waals surface area contributed by atoms with Gasteiger partial charge in [-0.2, -0.15) is 0 Å². The van der Waals surface area contributed by atoms with Gasteiger partial charge in [0.15, 0.2) is 0 Å². The Labute approximate surface area is 128 Å². The molecular weight excluding hydrogens is 294 g/mol. The molecule has 6 nitrogen and oxygen atoms in total. The second kappa shape index (κ2) is 6.41. The second-order valence-electron chi connectivity index (χ2n) is 5.52. The van der Waals surface area contributed by atoms with Crippen LogP contribution in [-0.4, -0.2) is 54.4 Å². The Morgan fingerprint density at radius 3 is 2.86 bits per heavy atom. The van der Waals surface area contributed by atoms with Gasteiger partial charge in [-0.15, -0.1) is 0 Å². The van der Waals surface area contributed by atoms with Crippen molar-refractivity contribution in [3.8, 4) is 0 Å². The Balaban J connectivity index is 2.14. The first-order valence-electron chi connectivity index (χ1n) is 6.76. The number of benzene rings is 1. The number of rotatable bonds is 4. The third-order valence-corrected chi connectivity index (χ3v) is 3.99. The first-order chi connectivity index (χ1) is 9.88. The fourth-order valence-electron chi connectivity index (χ4n) is 2.69. The zero-order chi connectivity index (χ0) is 15.6. The van der Waals surface area contributed by atoms with Gasteiger partial charge in [0, 0.05) is 31.2 Å². The van der Waals surface area contributed by atoms with E-state index in [1.807, 2.05) is 7.05 Å². The van der Waals surface area contributed by atoms with E-state index in [1.54, 1.807) is 11.9 Å². The van der Waals surface area contributed by atoms with Crippen LogP contribution in [0.25, 0.3) is 0 Å². The van der Waals surface area contributed by atoms with Gasteiger partial charge in [-0.25, -0.2) is 0 Å². The number of nitrogens with zero attached hydrogens (tertiary/aromatic N) is 3. The maximum atomic E-state index is 12.4. The molecule has 1 atom stereocenters. The molecule has 1 aromatic carbocycles. The summed E-state index contributed by atoms with van der Waals surface area (Å²) in [5.41, 5.74) is -0.166. The summed E-state index contributed by atoms with van der Waals surface area (Å²) in [5.74, 6) is 0.0724. The number of carbonyl (C=O) groups is 1. The van der Waals surface area contributed by atoms with Gasteiger partial charge < -0.3 is 9.80 Å². The molecule has 1 heterocycles. The van der Waals surface area contributed by atoms with Crippen LogP contribution in [0.5, 0.6) is 0 Å². The number of hydrogen-bond donors (Lipinski definition) is 0. The molecule has 0 saturated carbocycles. The summed E-state index contributed by atoms with van der Waals surface area (Å²) in [6.07, 6.45) is 1.04. The summed E-state index contributed by atoms with van der Waals surface area (Å²) in [6.45, 7) is 2.57. The van der Waals surface area contributed by atoms with E-state index in [-0.39, 0.29) is 22.2 Å². The quantitative estimate of drug-likeness (QED) is 0.632. The van der Waals surface area contributed by atoms with E-state index in [9.17, 15) is 14.9 Å². The fraction of sp³-hybridized carbons (Fsp3) is 0.500. The Kier molecular flexibility index (Phi) is 4.80. The SMILES string of the molecule is CN1CCC(CN(C)C(=O)c2ccc(Cl)cc2[N+](=O)[O-])C1. The summed E-state index contributed by atoms with van der Waals surface area (Å²) in [7, 11) is 3.73. The van der Waals surface area contributed by atoms with Crippen molar-refractivity contribution in [1.29, 1.82) is 0 Å². The molecule has 0 N–H and O–H groups in total. The molecule has 1 fully saturated rings. The van der Waals surface area contributed by atoms with Crippen molar-refractivity contribution in [3.05, 3.63) is 38.9 Å². The minimum absolute atomic E-state index is 0.0817. The van der Waals surface area contributed by atoms with Crippen LogP contribution in [0.2, 0.25) is 5.02 Å². The molecular formula is C14H18ClN3O3. The molecule has 1 amide bonds. The van der Waals surface area contributed by atoms with Gasteiger partial charge in [0.1, 0.15) is 5.56 Å². The Bertz CT molecular complexity index is 564. The van der Waals surface area contributed by atoms with Crippen molar-refractivity contribution in [2.24, 2.45) is 5.92 Å². The molecule has 1 saturated heterocycles. The van der Waals surface area contributed by atoms with Crippen LogP contribution in [-0.2, 0) is 0 Å². The lowest BCUT2D eigenvalue weighted by Crippen LogP contribution is -2.33. The third kappa shape index (κ3) is 3.71. The first-order valence-corrected chi connectivity index (χ1v) is 7.14. The standard InChI is InChI=1S/C14H18ClN3O3/c1-16-6-5-10(8-16)9-17(2)14(19)12-4-3-11(15)7-13(12)18(20)21/h3-4,7,10H,5-6,8-9H2,1-2H3. The minimum atomic E-state index is -0.573. The number of hydrogen-bond acceptors (Lipinski definition) is 4. The van der Waals surface area contributed by atoms with Crippen molar-refractivity contribution in [1.82, 2.24) is 9.80 Å². The molecule has 0 radical (unpaired) electrons. The number of carbonyl (C=O) groups excluding carboxylic acids is 1. The van der Waals surface area contributed by atoms with Gasteiger partial charge in [0.2, 0.25) is 0 Å². The lowest BCUT2D eigenvalue weighted by Gasteiger charge is -2.21. The molecule has 114 valence electrons. The van der Waals surface area contributed by atoms with Gasteiger partial charge in [-0.1, -0.05) is 11.6 Å². The van der Waals surface area contributed by atoms with Crippen LogP contribution in [0.4, 0.5) is 5.69 Å². The lowest BCUT2D eigenvalue weighted by molar-refractivity contribution is -0.385. The molecule has 0 bridgehead atoms. The van der Waals surface area contributed by atoms with Crippen LogP contribution >= 0.6 is 11.6 Å². The van der Waals surface area contributed by atoms with Crippen molar-refractivity contribution in [2.75, 3.05) is 33.7 Å². The number of nitro benzene ring substituents is 1. The van der Waals surface area contributed by atoms with E-state index in [2.05, 4.69) is 4.90 Å². The van der Waals surface area contributed by atoms with Crippen molar-refractivity contribution in [2.45, 2.75) is 6.42 Å². The summed E-state index contributed by atoms with van der Waals surface area (Å²) in [5, 5.41) is 11.3. The Morgan fingerprint density at radius 2 is 2.29 bits per heavy atom. The molecule has 1 aliphatic rings. The second-order valence-corrected chi connectivity index (χ2v) is 5.96. The van der Waals surface area contributed by atoms with Crippen LogP contribution < -0.4 is 0 Å². The van der Waals surface area contributed by atoms with Crippen LogP contribution in [0.15, 0.2) is 18.2 Å². The lowest BCUT2D eigenvalue weighted by atomic mass is 10.1. The molecule has 21 heavy (non-hydrogen) atoms. The van der Waals surface area contributed by atoms with Gasteiger partial charge in [-0.3, -0.25) is 14.9 Å². The third-order valence-electron chi connectivity index (χ3n) is 3.75. The molecule has 0 aromatic heterocycles.